The molecule has 0 bridgehead atoms. The van der Waals surface area contributed by atoms with Gasteiger partial charge in [-0.25, -0.2) is 0 Å². The lowest BCUT2D eigenvalue weighted by molar-refractivity contribution is -0.141. The van der Waals surface area contributed by atoms with Gasteiger partial charge in [0.15, 0.2) is 0 Å². The van der Waals surface area contributed by atoms with Crippen LogP contribution in [0.4, 0.5) is 0 Å². The highest BCUT2D eigenvalue weighted by molar-refractivity contribution is 9.10. The van der Waals surface area contributed by atoms with E-state index >= 15 is 0 Å². The summed E-state index contributed by atoms with van der Waals surface area (Å²) >= 11 is 3.43. The molecule has 1 aromatic carbocycles. The van der Waals surface area contributed by atoms with Crippen molar-refractivity contribution < 1.29 is 9.90 Å². The smallest absolute Gasteiger partial charge is 0.307 e. The van der Waals surface area contributed by atoms with Crippen LogP contribution in [0.3, 0.4) is 0 Å². The van der Waals surface area contributed by atoms with Gasteiger partial charge in [0.05, 0.1) is 5.92 Å². The zero-order valence-corrected chi connectivity index (χ0v) is 12.1. The van der Waals surface area contributed by atoms with E-state index < -0.39 is 5.97 Å². The average Bonchev–Trinajstić information content (AvgIpc) is 2.81. The van der Waals surface area contributed by atoms with Crippen LogP contribution in [0.1, 0.15) is 18.9 Å². The predicted molar refractivity (Wildman–Crippen MR) is 74.6 cm³/mol. The number of carboxylic acids is 1. The van der Waals surface area contributed by atoms with E-state index in [9.17, 15) is 4.79 Å². The summed E-state index contributed by atoms with van der Waals surface area (Å²) in [5.41, 5.74) is 1.30. The van der Waals surface area contributed by atoms with Crippen LogP contribution in [0, 0.1) is 5.92 Å². The second-order valence-corrected chi connectivity index (χ2v) is 5.91. The zero-order valence-electron chi connectivity index (χ0n) is 10.5. The van der Waals surface area contributed by atoms with E-state index in [4.69, 9.17) is 5.11 Å². The summed E-state index contributed by atoms with van der Waals surface area (Å²) in [5.74, 6) is -0.842. The van der Waals surface area contributed by atoms with Crippen LogP contribution in [0.5, 0.6) is 0 Å². The lowest BCUT2D eigenvalue weighted by Gasteiger charge is -2.24. The molecule has 4 heteroatoms. The Kier molecular flexibility index (Phi) is 4.40. The second kappa shape index (κ2) is 5.85. The summed E-state index contributed by atoms with van der Waals surface area (Å²) in [5, 5.41) is 9.00. The van der Waals surface area contributed by atoms with Gasteiger partial charge in [-0.1, -0.05) is 28.1 Å². The predicted octanol–water partition coefficient (Wildman–Crippen LogP) is 2.79. The third kappa shape index (κ3) is 3.33. The van der Waals surface area contributed by atoms with Crippen molar-refractivity contribution >= 4 is 21.9 Å². The molecule has 18 heavy (non-hydrogen) atoms. The van der Waals surface area contributed by atoms with Crippen LogP contribution in [0.2, 0.25) is 0 Å². The molecule has 0 radical (unpaired) electrons. The first kappa shape index (κ1) is 13.6. The Bertz CT molecular complexity index is 418. The largest absolute Gasteiger partial charge is 0.481 e. The number of likely N-dealkylation sites (tertiary alicyclic amines) is 1. The Labute approximate surface area is 116 Å². The summed E-state index contributed by atoms with van der Waals surface area (Å²) in [6.45, 7) is 3.76. The highest BCUT2D eigenvalue weighted by Gasteiger charge is 2.30. The van der Waals surface area contributed by atoms with Gasteiger partial charge in [0.2, 0.25) is 0 Å². The van der Waals surface area contributed by atoms with Gasteiger partial charge in [0.1, 0.15) is 0 Å². The number of benzene rings is 1. The van der Waals surface area contributed by atoms with Crippen molar-refractivity contribution in [2.45, 2.75) is 25.8 Å². The van der Waals surface area contributed by atoms with E-state index in [1.807, 2.05) is 12.1 Å². The quantitative estimate of drug-likeness (QED) is 0.929. The molecular formula is C14H18BrNO2. The lowest BCUT2D eigenvalue weighted by atomic mass is 10.1. The van der Waals surface area contributed by atoms with Crippen LogP contribution in [-0.4, -0.2) is 35.1 Å². The third-order valence-corrected chi connectivity index (χ3v) is 4.17. The van der Waals surface area contributed by atoms with Crippen molar-refractivity contribution in [2.24, 2.45) is 5.92 Å². The molecule has 1 aliphatic heterocycles. The van der Waals surface area contributed by atoms with Crippen LogP contribution in [0.15, 0.2) is 28.7 Å². The fourth-order valence-electron chi connectivity index (χ4n) is 2.48. The van der Waals surface area contributed by atoms with E-state index in [0.29, 0.717) is 12.6 Å². The first-order chi connectivity index (χ1) is 8.56. The van der Waals surface area contributed by atoms with Crippen molar-refractivity contribution in [3.63, 3.8) is 0 Å². The van der Waals surface area contributed by atoms with E-state index in [1.54, 1.807) is 0 Å². The molecule has 1 aromatic rings. The fraction of sp³-hybridized carbons (Fsp3) is 0.500. The molecule has 0 aliphatic carbocycles. The second-order valence-electron chi connectivity index (χ2n) is 5.00. The molecule has 1 saturated heterocycles. The molecular weight excluding hydrogens is 294 g/mol. The van der Waals surface area contributed by atoms with Gasteiger partial charge < -0.3 is 5.11 Å². The maximum atomic E-state index is 10.9. The molecule has 1 aliphatic rings. The molecule has 98 valence electrons. The number of hydrogen-bond acceptors (Lipinski definition) is 2. The van der Waals surface area contributed by atoms with Gasteiger partial charge in [-0.3, -0.25) is 9.69 Å². The van der Waals surface area contributed by atoms with Crippen LogP contribution < -0.4 is 0 Å². The van der Waals surface area contributed by atoms with Crippen molar-refractivity contribution in [1.82, 2.24) is 4.90 Å². The van der Waals surface area contributed by atoms with Crippen molar-refractivity contribution in [3.8, 4) is 0 Å². The first-order valence-corrected chi connectivity index (χ1v) is 7.07. The summed E-state index contributed by atoms with van der Waals surface area (Å²) in [6, 6.07) is 8.73. The summed E-state index contributed by atoms with van der Waals surface area (Å²) in [7, 11) is 0. The first-order valence-electron chi connectivity index (χ1n) is 6.27. The molecule has 3 nitrogen and oxygen atoms in total. The molecule has 1 N–H and O–H groups in total. The summed E-state index contributed by atoms with van der Waals surface area (Å²) < 4.78 is 1.09. The molecule has 2 unspecified atom stereocenters. The maximum absolute atomic E-state index is 10.9. The molecule has 0 saturated carbocycles. The third-order valence-electron chi connectivity index (χ3n) is 3.64. The van der Waals surface area contributed by atoms with E-state index in [1.165, 1.54) is 5.56 Å². The average molecular weight is 312 g/mol. The van der Waals surface area contributed by atoms with E-state index in [2.05, 4.69) is 39.9 Å². The molecule has 2 rings (SSSR count). The monoisotopic (exact) mass is 311 g/mol. The molecule has 0 amide bonds. The number of nitrogens with zero attached hydrogens (tertiary/aromatic N) is 1. The van der Waals surface area contributed by atoms with Crippen molar-refractivity contribution in [1.29, 1.82) is 0 Å². The fourth-order valence-corrected chi connectivity index (χ4v) is 2.74. The number of hydrogen-bond donors (Lipinski definition) is 1. The molecule has 2 atom stereocenters. The van der Waals surface area contributed by atoms with E-state index in [-0.39, 0.29) is 5.92 Å². The SMILES string of the molecule is CC(Cc1ccc(Br)cc1)N1CCC(C(=O)O)C1. The van der Waals surface area contributed by atoms with Crippen molar-refractivity contribution in [3.05, 3.63) is 34.3 Å². The topological polar surface area (TPSA) is 40.5 Å². The summed E-state index contributed by atoms with van der Waals surface area (Å²) in [4.78, 5) is 13.2. The minimum atomic E-state index is -0.659. The molecule has 1 fully saturated rings. The van der Waals surface area contributed by atoms with Crippen LogP contribution in [0.25, 0.3) is 0 Å². The molecule has 1 heterocycles. The molecule has 0 aromatic heterocycles. The minimum absolute atomic E-state index is 0.183. The van der Waals surface area contributed by atoms with Gasteiger partial charge in [0, 0.05) is 17.1 Å². The van der Waals surface area contributed by atoms with Gasteiger partial charge >= 0.3 is 5.97 Å². The Hall–Kier alpha value is -0.870. The Balaban J connectivity index is 1.91. The van der Waals surface area contributed by atoms with Gasteiger partial charge in [-0.15, -0.1) is 0 Å². The number of halogens is 1. The number of carboxylic acid groups (broad SMARTS) is 1. The normalized spacial score (nSPS) is 22.0. The number of carbonyl (C=O) groups is 1. The van der Waals surface area contributed by atoms with Gasteiger partial charge in [-0.05, 0) is 44.0 Å². The van der Waals surface area contributed by atoms with Gasteiger partial charge in [-0.2, -0.15) is 0 Å². The highest BCUT2D eigenvalue weighted by atomic mass is 79.9. The van der Waals surface area contributed by atoms with Crippen LogP contribution in [-0.2, 0) is 11.2 Å². The minimum Gasteiger partial charge on any atom is -0.481 e. The zero-order chi connectivity index (χ0) is 13.1. The van der Waals surface area contributed by atoms with E-state index in [0.717, 1.165) is 23.9 Å². The van der Waals surface area contributed by atoms with Crippen molar-refractivity contribution in [2.75, 3.05) is 13.1 Å². The highest BCUT2D eigenvalue weighted by Crippen LogP contribution is 2.21. The van der Waals surface area contributed by atoms with Crippen LogP contribution >= 0.6 is 15.9 Å². The number of rotatable bonds is 4. The summed E-state index contributed by atoms with van der Waals surface area (Å²) in [6.07, 6.45) is 1.75. The maximum Gasteiger partial charge on any atom is 0.307 e. The van der Waals surface area contributed by atoms with Gasteiger partial charge in [0.25, 0.3) is 0 Å². The number of aliphatic carboxylic acids is 1. The Morgan fingerprint density at radius 2 is 2.17 bits per heavy atom. The standard InChI is InChI=1S/C14H18BrNO2/c1-10(8-11-2-4-13(15)5-3-11)16-7-6-12(9-16)14(17)18/h2-5,10,12H,6-9H2,1H3,(H,17,18). The lowest BCUT2D eigenvalue weighted by Crippen LogP contribution is -2.33. The molecule has 0 spiro atoms. The Morgan fingerprint density at radius 3 is 2.72 bits per heavy atom. The Morgan fingerprint density at radius 1 is 1.50 bits per heavy atom.